The predicted octanol–water partition coefficient (Wildman–Crippen LogP) is 3.74. The van der Waals surface area contributed by atoms with Gasteiger partial charge in [0.05, 0.1) is 12.3 Å². The van der Waals surface area contributed by atoms with Gasteiger partial charge in [0.2, 0.25) is 0 Å². The van der Waals surface area contributed by atoms with Crippen LogP contribution in [0.4, 0.5) is 10.5 Å². The molecule has 1 saturated heterocycles. The lowest BCUT2D eigenvalue weighted by molar-refractivity contribution is -0.139. The van der Waals surface area contributed by atoms with Gasteiger partial charge in [0.25, 0.3) is 11.8 Å². The number of aliphatic carboxylic acids is 1. The van der Waals surface area contributed by atoms with Gasteiger partial charge in [0.15, 0.2) is 18.1 Å². The van der Waals surface area contributed by atoms with Crippen molar-refractivity contribution in [2.45, 2.75) is 6.92 Å². The lowest BCUT2D eigenvalue weighted by atomic mass is 10.1. The molecule has 1 aliphatic heterocycles. The van der Waals surface area contributed by atoms with Crippen LogP contribution in [0.2, 0.25) is 0 Å². The maximum atomic E-state index is 13.0. The zero-order chi connectivity index (χ0) is 23.4. The van der Waals surface area contributed by atoms with Crippen LogP contribution < -0.4 is 19.7 Å². The van der Waals surface area contributed by atoms with E-state index in [1.54, 1.807) is 31.2 Å². The number of nitrogens with one attached hydrogen (secondary N) is 1. The number of carboxylic acids is 1. The highest BCUT2D eigenvalue weighted by Crippen LogP contribution is 2.35. The van der Waals surface area contributed by atoms with Crippen molar-refractivity contribution in [3.63, 3.8) is 0 Å². The van der Waals surface area contributed by atoms with Crippen LogP contribution >= 0.6 is 31.9 Å². The summed E-state index contributed by atoms with van der Waals surface area (Å²) < 4.78 is 11.9. The molecule has 0 atom stereocenters. The fourth-order valence-electron chi connectivity index (χ4n) is 2.82. The van der Waals surface area contributed by atoms with E-state index in [9.17, 15) is 19.2 Å². The number of rotatable bonds is 7. The minimum atomic E-state index is -1.16. The summed E-state index contributed by atoms with van der Waals surface area (Å²) in [4.78, 5) is 49.5. The van der Waals surface area contributed by atoms with E-state index in [-0.39, 0.29) is 23.7 Å². The van der Waals surface area contributed by atoms with Gasteiger partial charge < -0.3 is 14.6 Å². The number of imide groups is 2. The molecule has 2 N–H and O–H groups in total. The summed E-state index contributed by atoms with van der Waals surface area (Å²) in [6.07, 6.45) is 1.31. The van der Waals surface area contributed by atoms with Gasteiger partial charge in [-0.2, -0.15) is 0 Å². The zero-order valence-electron chi connectivity index (χ0n) is 16.6. The Morgan fingerprint density at radius 3 is 2.38 bits per heavy atom. The summed E-state index contributed by atoms with van der Waals surface area (Å²) in [5.41, 5.74) is 0.412. The third kappa shape index (κ3) is 5.17. The Bertz CT molecular complexity index is 1130. The van der Waals surface area contributed by atoms with Crippen molar-refractivity contribution >= 4 is 67.4 Å². The fraction of sp³-hybridized carbons (Fsp3) is 0.143. The molecule has 0 aromatic heterocycles. The number of urea groups is 1. The van der Waals surface area contributed by atoms with Crippen LogP contribution in [0.1, 0.15) is 12.5 Å². The number of barbiturate groups is 1. The fourth-order valence-corrected chi connectivity index (χ4v) is 3.52. The molecule has 1 heterocycles. The van der Waals surface area contributed by atoms with Crippen LogP contribution in [0.25, 0.3) is 6.08 Å². The molecule has 0 aliphatic carbocycles. The Hall–Kier alpha value is -3.18. The molecule has 0 spiro atoms. The van der Waals surface area contributed by atoms with E-state index in [1.807, 2.05) is 0 Å². The Balaban J connectivity index is 2.01. The molecule has 1 aliphatic rings. The highest BCUT2D eigenvalue weighted by molar-refractivity contribution is 9.10. The highest BCUT2D eigenvalue weighted by Gasteiger charge is 2.37. The van der Waals surface area contributed by atoms with Gasteiger partial charge in [-0.15, -0.1) is 0 Å². The first kappa shape index (κ1) is 23.5. The summed E-state index contributed by atoms with van der Waals surface area (Å²) in [6, 6.07) is 8.57. The molecule has 0 unspecified atom stereocenters. The lowest BCUT2D eigenvalue weighted by Gasteiger charge is -2.26. The molecular weight excluding hydrogens is 552 g/mol. The van der Waals surface area contributed by atoms with Crippen molar-refractivity contribution in [2.24, 2.45) is 0 Å². The van der Waals surface area contributed by atoms with Gasteiger partial charge in [0, 0.05) is 8.95 Å². The molecule has 4 amide bonds. The van der Waals surface area contributed by atoms with E-state index < -0.39 is 30.4 Å². The van der Waals surface area contributed by atoms with Crippen molar-refractivity contribution in [1.29, 1.82) is 0 Å². The van der Waals surface area contributed by atoms with Crippen LogP contribution in [0, 0.1) is 0 Å². The van der Waals surface area contributed by atoms with Crippen LogP contribution in [-0.2, 0) is 14.4 Å². The van der Waals surface area contributed by atoms with E-state index in [4.69, 9.17) is 14.6 Å². The largest absolute Gasteiger partial charge is 0.490 e. The Morgan fingerprint density at radius 2 is 1.75 bits per heavy atom. The lowest BCUT2D eigenvalue weighted by Crippen LogP contribution is -2.54. The summed E-state index contributed by atoms with van der Waals surface area (Å²) >= 11 is 6.62. The second kappa shape index (κ2) is 9.96. The quantitative estimate of drug-likeness (QED) is 0.386. The van der Waals surface area contributed by atoms with Crippen LogP contribution in [0.3, 0.4) is 0 Å². The SMILES string of the molecule is CCOc1cc(/C=C2\C(=O)NC(=O)N(c3ccc(Br)cc3)C2=O)c(Br)cc1OCC(=O)O. The zero-order valence-corrected chi connectivity index (χ0v) is 19.7. The van der Waals surface area contributed by atoms with E-state index >= 15 is 0 Å². The van der Waals surface area contributed by atoms with Gasteiger partial charge in [-0.1, -0.05) is 31.9 Å². The minimum Gasteiger partial charge on any atom is -0.490 e. The molecule has 0 bridgehead atoms. The maximum absolute atomic E-state index is 13.0. The Kier molecular flexibility index (Phi) is 7.31. The normalized spacial score (nSPS) is 15.0. The number of anilines is 1. The van der Waals surface area contributed by atoms with Crippen LogP contribution in [0.15, 0.2) is 50.9 Å². The van der Waals surface area contributed by atoms with Gasteiger partial charge in [-0.3, -0.25) is 14.9 Å². The number of nitrogens with zero attached hydrogens (tertiary/aromatic N) is 1. The summed E-state index contributed by atoms with van der Waals surface area (Å²) in [6.45, 7) is 1.44. The topological polar surface area (TPSA) is 122 Å². The first-order valence-electron chi connectivity index (χ1n) is 9.19. The number of carbonyl (C=O) groups excluding carboxylic acids is 3. The van der Waals surface area contributed by atoms with E-state index in [1.165, 1.54) is 18.2 Å². The standard InChI is InChI=1S/C21H16Br2N2O7/c1-2-31-16-8-11(15(23)9-17(16)32-10-18(26)27)7-14-19(28)24-21(30)25(20(14)29)13-5-3-12(22)4-6-13/h3-9H,2,10H2,1H3,(H,26,27)(H,24,28,30)/b14-7+. The molecule has 9 nitrogen and oxygen atoms in total. The number of halogens is 2. The average molecular weight is 568 g/mol. The molecule has 11 heteroatoms. The molecule has 2 aromatic rings. The number of carbonyl (C=O) groups is 4. The number of hydrogen-bond acceptors (Lipinski definition) is 6. The van der Waals surface area contributed by atoms with Gasteiger partial charge in [-0.05, 0) is 55.0 Å². The molecular formula is C21H16Br2N2O7. The van der Waals surface area contributed by atoms with E-state index in [0.717, 1.165) is 9.37 Å². The number of hydrogen-bond donors (Lipinski definition) is 2. The molecule has 3 rings (SSSR count). The Morgan fingerprint density at radius 1 is 1.09 bits per heavy atom. The minimum absolute atomic E-state index is 0.175. The van der Waals surface area contributed by atoms with Gasteiger partial charge in [-0.25, -0.2) is 14.5 Å². The smallest absolute Gasteiger partial charge is 0.341 e. The first-order valence-corrected chi connectivity index (χ1v) is 10.8. The number of amides is 4. The molecule has 0 radical (unpaired) electrons. The van der Waals surface area contributed by atoms with Crippen molar-refractivity contribution in [3.05, 3.63) is 56.5 Å². The second-order valence-electron chi connectivity index (χ2n) is 6.37. The number of ether oxygens (including phenoxy) is 2. The van der Waals surface area contributed by atoms with Crippen LogP contribution in [-0.4, -0.2) is 42.1 Å². The van der Waals surface area contributed by atoms with Crippen molar-refractivity contribution in [1.82, 2.24) is 5.32 Å². The monoisotopic (exact) mass is 566 g/mol. The summed E-state index contributed by atoms with van der Waals surface area (Å²) in [7, 11) is 0. The number of carboxylic acid groups (broad SMARTS) is 1. The highest BCUT2D eigenvalue weighted by atomic mass is 79.9. The molecule has 166 valence electrons. The molecule has 32 heavy (non-hydrogen) atoms. The maximum Gasteiger partial charge on any atom is 0.341 e. The van der Waals surface area contributed by atoms with E-state index in [2.05, 4.69) is 37.2 Å². The van der Waals surface area contributed by atoms with Crippen molar-refractivity contribution < 1.29 is 33.8 Å². The predicted molar refractivity (Wildman–Crippen MR) is 122 cm³/mol. The average Bonchev–Trinajstić information content (AvgIpc) is 2.73. The summed E-state index contributed by atoms with van der Waals surface area (Å²) in [5, 5.41) is 11.0. The van der Waals surface area contributed by atoms with E-state index in [0.29, 0.717) is 15.7 Å². The second-order valence-corrected chi connectivity index (χ2v) is 8.14. The van der Waals surface area contributed by atoms with Crippen LogP contribution in [0.5, 0.6) is 11.5 Å². The van der Waals surface area contributed by atoms with Gasteiger partial charge >= 0.3 is 12.0 Å². The molecule has 0 saturated carbocycles. The molecule has 1 fully saturated rings. The molecule has 2 aromatic carbocycles. The van der Waals surface area contributed by atoms with Crippen molar-refractivity contribution in [3.8, 4) is 11.5 Å². The summed E-state index contributed by atoms with van der Waals surface area (Å²) in [5.74, 6) is -2.39. The third-order valence-corrected chi connectivity index (χ3v) is 5.42. The third-order valence-electron chi connectivity index (χ3n) is 4.20. The number of benzene rings is 2. The van der Waals surface area contributed by atoms with Crippen molar-refractivity contribution in [2.75, 3.05) is 18.1 Å². The Labute approximate surface area is 199 Å². The van der Waals surface area contributed by atoms with Gasteiger partial charge in [0.1, 0.15) is 5.57 Å². The first-order chi connectivity index (χ1) is 15.2.